The highest BCUT2D eigenvalue weighted by molar-refractivity contribution is 6.31. The first-order valence-corrected chi connectivity index (χ1v) is 6.18. The number of halogens is 4. The Kier molecular flexibility index (Phi) is 5.47. The summed E-state index contributed by atoms with van der Waals surface area (Å²) in [6.45, 7) is 3.23. The molecular weight excluding hydrogens is 263 g/mol. The molecule has 0 bridgehead atoms. The molecule has 0 aliphatic carbocycles. The fourth-order valence-corrected chi connectivity index (χ4v) is 2.04. The van der Waals surface area contributed by atoms with Crippen LogP contribution in [-0.4, -0.2) is 19.3 Å². The molecule has 0 saturated carbocycles. The number of benzene rings is 1. The van der Waals surface area contributed by atoms with Crippen molar-refractivity contribution in [2.24, 2.45) is 5.92 Å². The van der Waals surface area contributed by atoms with Gasteiger partial charge in [-0.2, -0.15) is 13.2 Å². The van der Waals surface area contributed by atoms with Gasteiger partial charge in [-0.25, -0.2) is 0 Å². The summed E-state index contributed by atoms with van der Waals surface area (Å²) in [5.74, 6) is 0.104. The standard InChI is InChI=1S/C13H17ClF3N/c1-9-3-4-11(12(14)6-9)5-10(2)7-18-8-13(15,16)17/h3-4,6,10,18H,5,7-8H2,1-2H3. The lowest BCUT2D eigenvalue weighted by Crippen LogP contribution is -2.32. The molecule has 1 N–H and O–H groups in total. The molecule has 1 unspecified atom stereocenters. The zero-order chi connectivity index (χ0) is 13.8. The van der Waals surface area contributed by atoms with Gasteiger partial charge in [0.15, 0.2) is 0 Å². The van der Waals surface area contributed by atoms with Crippen LogP contribution in [0.4, 0.5) is 13.2 Å². The van der Waals surface area contributed by atoms with Crippen LogP contribution in [0.2, 0.25) is 5.02 Å². The quantitative estimate of drug-likeness (QED) is 0.860. The second-order valence-corrected chi connectivity index (χ2v) is 5.06. The summed E-state index contributed by atoms with van der Waals surface area (Å²) >= 11 is 6.08. The molecule has 0 spiro atoms. The van der Waals surface area contributed by atoms with Crippen molar-refractivity contribution in [3.63, 3.8) is 0 Å². The first kappa shape index (κ1) is 15.3. The summed E-state index contributed by atoms with van der Waals surface area (Å²) in [5, 5.41) is 3.09. The monoisotopic (exact) mass is 279 g/mol. The molecule has 1 nitrogen and oxygen atoms in total. The molecule has 0 radical (unpaired) electrons. The molecule has 0 saturated heterocycles. The highest BCUT2D eigenvalue weighted by Crippen LogP contribution is 2.20. The van der Waals surface area contributed by atoms with Gasteiger partial charge in [0, 0.05) is 5.02 Å². The van der Waals surface area contributed by atoms with Crippen molar-refractivity contribution in [1.29, 1.82) is 0 Å². The molecule has 18 heavy (non-hydrogen) atoms. The largest absolute Gasteiger partial charge is 0.401 e. The second kappa shape index (κ2) is 6.43. The van der Waals surface area contributed by atoms with Crippen LogP contribution in [0, 0.1) is 12.8 Å². The lowest BCUT2D eigenvalue weighted by atomic mass is 10.00. The molecule has 0 aromatic heterocycles. The van der Waals surface area contributed by atoms with Crippen LogP contribution < -0.4 is 5.32 Å². The zero-order valence-electron chi connectivity index (χ0n) is 10.4. The minimum absolute atomic E-state index is 0.104. The first-order chi connectivity index (χ1) is 8.28. The SMILES string of the molecule is Cc1ccc(CC(C)CNCC(F)(F)F)c(Cl)c1. The van der Waals surface area contributed by atoms with Crippen LogP contribution >= 0.6 is 11.6 Å². The Labute approximate surface area is 110 Å². The van der Waals surface area contributed by atoms with Crippen LogP contribution in [-0.2, 0) is 6.42 Å². The van der Waals surface area contributed by atoms with Gasteiger partial charge in [-0.15, -0.1) is 0 Å². The van der Waals surface area contributed by atoms with Crippen molar-refractivity contribution in [2.75, 3.05) is 13.1 Å². The van der Waals surface area contributed by atoms with Crippen LogP contribution in [0.3, 0.4) is 0 Å². The van der Waals surface area contributed by atoms with E-state index in [9.17, 15) is 13.2 Å². The summed E-state index contributed by atoms with van der Waals surface area (Å²) in [4.78, 5) is 0. The fraction of sp³-hybridized carbons (Fsp3) is 0.538. The maximum Gasteiger partial charge on any atom is 0.401 e. The topological polar surface area (TPSA) is 12.0 Å². The Hall–Kier alpha value is -0.740. The lowest BCUT2D eigenvalue weighted by Gasteiger charge is -2.15. The van der Waals surface area contributed by atoms with Crippen LogP contribution in [0.15, 0.2) is 18.2 Å². The molecule has 5 heteroatoms. The van der Waals surface area contributed by atoms with E-state index in [0.29, 0.717) is 18.0 Å². The van der Waals surface area contributed by atoms with E-state index < -0.39 is 12.7 Å². The molecule has 0 aliphatic heterocycles. The molecule has 0 amide bonds. The summed E-state index contributed by atoms with van der Waals surface area (Å²) < 4.78 is 35.9. The molecule has 1 atom stereocenters. The van der Waals surface area contributed by atoms with E-state index in [1.807, 2.05) is 32.0 Å². The molecule has 1 rings (SSSR count). The van der Waals surface area contributed by atoms with Crippen molar-refractivity contribution >= 4 is 11.6 Å². The predicted octanol–water partition coefficient (Wildman–Crippen LogP) is 3.98. The minimum Gasteiger partial charge on any atom is -0.308 e. The van der Waals surface area contributed by atoms with Gasteiger partial charge in [-0.1, -0.05) is 30.7 Å². The number of alkyl halides is 3. The summed E-state index contributed by atoms with van der Waals surface area (Å²) in [6, 6.07) is 5.75. The smallest absolute Gasteiger partial charge is 0.308 e. The van der Waals surface area contributed by atoms with Gasteiger partial charge >= 0.3 is 6.18 Å². The van der Waals surface area contributed by atoms with E-state index in [1.54, 1.807) is 0 Å². The molecule has 102 valence electrons. The van der Waals surface area contributed by atoms with E-state index in [-0.39, 0.29) is 5.92 Å². The Morgan fingerprint density at radius 3 is 2.56 bits per heavy atom. The van der Waals surface area contributed by atoms with E-state index >= 15 is 0 Å². The highest BCUT2D eigenvalue weighted by Gasteiger charge is 2.26. The van der Waals surface area contributed by atoms with Crippen LogP contribution in [0.1, 0.15) is 18.1 Å². The van der Waals surface area contributed by atoms with Crippen molar-refractivity contribution < 1.29 is 13.2 Å². The normalized spacial score (nSPS) is 13.7. The number of rotatable bonds is 5. The number of hydrogen-bond donors (Lipinski definition) is 1. The summed E-state index contributed by atoms with van der Waals surface area (Å²) in [5.41, 5.74) is 2.05. The molecule has 0 heterocycles. The Balaban J connectivity index is 2.42. The Bertz CT molecular complexity index is 390. The molecule has 1 aromatic carbocycles. The van der Waals surface area contributed by atoms with Gasteiger partial charge in [-0.05, 0) is 43.0 Å². The lowest BCUT2D eigenvalue weighted by molar-refractivity contribution is -0.125. The van der Waals surface area contributed by atoms with Gasteiger partial charge in [0.25, 0.3) is 0 Å². The van der Waals surface area contributed by atoms with Gasteiger partial charge in [0.2, 0.25) is 0 Å². The maximum atomic E-state index is 12.0. The number of nitrogens with one attached hydrogen (secondary N) is 1. The third-order valence-corrected chi connectivity index (χ3v) is 2.95. The summed E-state index contributed by atoms with van der Waals surface area (Å²) in [6.07, 6.45) is -3.48. The zero-order valence-corrected chi connectivity index (χ0v) is 11.2. The van der Waals surface area contributed by atoms with Crippen LogP contribution in [0.25, 0.3) is 0 Å². The predicted molar refractivity (Wildman–Crippen MR) is 68.0 cm³/mol. The van der Waals surface area contributed by atoms with E-state index in [4.69, 9.17) is 11.6 Å². The second-order valence-electron chi connectivity index (χ2n) is 4.65. The van der Waals surface area contributed by atoms with Gasteiger partial charge in [-0.3, -0.25) is 0 Å². The number of hydrogen-bond acceptors (Lipinski definition) is 1. The van der Waals surface area contributed by atoms with E-state index in [2.05, 4.69) is 5.32 Å². The van der Waals surface area contributed by atoms with Crippen molar-refractivity contribution in [3.05, 3.63) is 34.3 Å². The molecular formula is C13H17ClF3N. The fourth-order valence-electron chi connectivity index (χ4n) is 1.73. The molecule has 1 aromatic rings. The van der Waals surface area contributed by atoms with Crippen molar-refractivity contribution in [3.8, 4) is 0 Å². The first-order valence-electron chi connectivity index (χ1n) is 5.80. The van der Waals surface area contributed by atoms with E-state index in [0.717, 1.165) is 11.1 Å². The Morgan fingerprint density at radius 2 is 2.00 bits per heavy atom. The Morgan fingerprint density at radius 1 is 1.33 bits per heavy atom. The molecule has 0 aliphatic rings. The van der Waals surface area contributed by atoms with Gasteiger partial charge < -0.3 is 5.32 Å². The third-order valence-electron chi connectivity index (χ3n) is 2.60. The van der Waals surface area contributed by atoms with Crippen molar-refractivity contribution in [1.82, 2.24) is 5.32 Å². The minimum atomic E-state index is -4.15. The van der Waals surface area contributed by atoms with Crippen molar-refractivity contribution in [2.45, 2.75) is 26.4 Å². The van der Waals surface area contributed by atoms with Gasteiger partial charge in [0.05, 0.1) is 6.54 Å². The van der Waals surface area contributed by atoms with E-state index in [1.165, 1.54) is 0 Å². The summed E-state index contributed by atoms with van der Waals surface area (Å²) in [7, 11) is 0. The number of aryl methyl sites for hydroxylation is 1. The van der Waals surface area contributed by atoms with Gasteiger partial charge in [0.1, 0.15) is 0 Å². The average Bonchev–Trinajstić information content (AvgIpc) is 2.20. The third kappa shape index (κ3) is 5.74. The maximum absolute atomic E-state index is 12.0. The molecule has 0 fully saturated rings. The highest BCUT2D eigenvalue weighted by atomic mass is 35.5. The van der Waals surface area contributed by atoms with Crippen LogP contribution in [0.5, 0.6) is 0 Å². The average molecular weight is 280 g/mol.